The number of nitrogens with zero attached hydrogens (tertiary/aromatic N) is 2. The summed E-state index contributed by atoms with van der Waals surface area (Å²) in [5.74, 6) is 0. The quantitative estimate of drug-likeness (QED) is 0.751. The van der Waals surface area contributed by atoms with Crippen LogP contribution in [0, 0.1) is 0 Å². The van der Waals surface area contributed by atoms with Crippen LogP contribution in [0.2, 0.25) is 0 Å². The van der Waals surface area contributed by atoms with Gasteiger partial charge in [0.15, 0.2) is 0 Å². The molecule has 0 radical (unpaired) electrons. The number of methoxy groups -OCH3 is 1. The van der Waals surface area contributed by atoms with Gasteiger partial charge < -0.3 is 19.3 Å². The highest BCUT2D eigenvalue weighted by Gasteiger charge is 2.36. The minimum atomic E-state index is -0.199. The zero-order valence-electron chi connectivity index (χ0n) is 12.1. The molecular formula is C13H26N2O3. The van der Waals surface area contributed by atoms with Gasteiger partial charge in [-0.3, -0.25) is 0 Å². The number of rotatable bonds is 5. The molecule has 106 valence electrons. The smallest absolute Gasteiger partial charge is 0.409 e. The van der Waals surface area contributed by atoms with Crippen molar-refractivity contribution in [3.05, 3.63) is 0 Å². The van der Waals surface area contributed by atoms with E-state index in [1.54, 1.807) is 12.0 Å². The SMILES string of the molecule is CCOC(=O)N1CCC(CCN(C)C)(OC)CC1. The van der Waals surface area contributed by atoms with Crippen molar-refractivity contribution >= 4 is 6.09 Å². The molecule has 5 heteroatoms. The molecule has 0 atom stereocenters. The lowest BCUT2D eigenvalue weighted by Crippen LogP contribution is -2.48. The van der Waals surface area contributed by atoms with Gasteiger partial charge in [0, 0.05) is 26.7 Å². The van der Waals surface area contributed by atoms with Gasteiger partial charge in [-0.15, -0.1) is 0 Å². The summed E-state index contributed by atoms with van der Waals surface area (Å²) in [5, 5.41) is 0. The minimum absolute atomic E-state index is 0.0761. The van der Waals surface area contributed by atoms with Gasteiger partial charge in [0.25, 0.3) is 0 Å². The van der Waals surface area contributed by atoms with E-state index in [0.29, 0.717) is 6.61 Å². The van der Waals surface area contributed by atoms with Gasteiger partial charge in [-0.2, -0.15) is 0 Å². The van der Waals surface area contributed by atoms with Gasteiger partial charge >= 0.3 is 6.09 Å². The van der Waals surface area contributed by atoms with Crippen LogP contribution < -0.4 is 0 Å². The molecule has 0 aliphatic carbocycles. The monoisotopic (exact) mass is 258 g/mol. The number of ether oxygens (including phenoxy) is 2. The number of likely N-dealkylation sites (tertiary alicyclic amines) is 1. The highest BCUT2D eigenvalue weighted by Crippen LogP contribution is 2.29. The first-order valence-electron chi connectivity index (χ1n) is 6.64. The molecular weight excluding hydrogens is 232 g/mol. The number of amides is 1. The zero-order chi connectivity index (χ0) is 13.6. The van der Waals surface area contributed by atoms with E-state index in [1.165, 1.54) is 0 Å². The third-order valence-electron chi connectivity index (χ3n) is 3.65. The second kappa shape index (κ2) is 6.95. The molecule has 18 heavy (non-hydrogen) atoms. The van der Waals surface area contributed by atoms with E-state index in [2.05, 4.69) is 19.0 Å². The summed E-state index contributed by atoms with van der Waals surface area (Å²) in [6.45, 7) is 4.72. The van der Waals surface area contributed by atoms with Gasteiger partial charge in [0.2, 0.25) is 0 Å². The normalized spacial score (nSPS) is 19.1. The average Bonchev–Trinajstić information content (AvgIpc) is 2.37. The van der Waals surface area contributed by atoms with Crippen molar-refractivity contribution in [1.29, 1.82) is 0 Å². The van der Waals surface area contributed by atoms with Crippen molar-refractivity contribution in [2.45, 2.75) is 31.8 Å². The Balaban J connectivity index is 2.46. The molecule has 1 aliphatic heterocycles. The Labute approximate surface area is 110 Å². The van der Waals surface area contributed by atoms with Crippen LogP contribution in [0.3, 0.4) is 0 Å². The lowest BCUT2D eigenvalue weighted by Gasteiger charge is -2.41. The Morgan fingerprint density at radius 1 is 1.33 bits per heavy atom. The molecule has 1 heterocycles. The fraction of sp³-hybridized carbons (Fsp3) is 0.923. The second-order valence-corrected chi connectivity index (χ2v) is 5.13. The summed E-state index contributed by atoms with van der Waals surface area (Å²) in [5.41, 5.74) is -0.0761. The first-order valence-corrected chi connectivity index (χ1v) is 6.64. The van der Waals surface area contributed by atoms with Crippen LogP contribution >= 0.6 is 0 Å². The Kier molecular flexibility index (Phi) is 5.88. The molecule has 1 fully saturated rings. The van der Waals surface area contributed by atoms with Crippen LogP contribution in [-0.2, 0) is 9.47 Å². The maximum atomic E-state index is 11.6. The molecule has 0 bridgehead atoms. The van der Waals surface area contributed by atoms with Crippen molar-refractivity contribution in [1.82, 2.24) is 9.80 Å². The first-order chi connectivity index (χ1) is 8.53. The van der Waals surface area contributed by atoms with Crippen LogP contribution in [0.25, 0.3) is 0 Å². The van der Waals surface area contributed by atoms with Crippen molar-refractivity contribution in [3.8, 4) is 0 Å². The molecule has 1 rings (SSSR count). The number of hydrogen-bond acceptors (Lipinski definition) is 4. The van der Waals surface area contributed by atoms with Gasteiger partial charge in [-0.25, -0.2) is 4.79 Å². The molecule has 0 spiro atoms. The van der Waals surface area contributed by atoms with Crippen LogP contribution in [0.1, 0.15) is 26.2 Å². The third-order valence-corrected chi connectivity index (χ3v) is 3.65. The minimum Gasteiger partial charge on any atom is -0.450 e. The second-order valence-electron chi connectivity index (χ2n) is 5.13. The highest BCUT2D eigenvalue weighted by molar-refractivity contribution is 5.67. The summed E-state index contributed by atoms with van der Waals surface area (Å²) in [6, 6.07) is 0. The van der Waals surface area contributed by atoms with Gasteiger partial charge in [-0.05, 0) is 40.3 Å². The van der Waals surface area contributed by atoms with E-state index in [9.17, 15) is 4.79 Å². The Hall–Kier alpha value is -0.810. The lowest BCUT2D eigenvalue weighted by atomic mass is 9.88. The summed E-state index contributed by atoms with van der Waals surface area (Å²) < 4.78 is 10.7. The zero-order valence-corrected chi connectivity index (χ0v) is 12.1. The van der Waals surface area contributed by atoms with E-state index in [1.807, 2.05) is 6.92 Å². The van der Waals surface area contributed by atoms with Crippen molar-refractivity contribution in [2.24, 2.45) is 0 Å². The molecule has 0 aromatic carbocycles. The summed E-state index contributed by atoms with van der Waals surface area (Å²) >= 11 is 0. The number of carbonyl (C=O) groups is 1. The predicted octanol–water partition coefficient (Wildman–Crippen LogP) is 1.58. The molecule has 0 unspecified atom stereocenters. The highest BCUT2D eigenvalue weighted by atomic mass is 16.6. The fourth-order valence-electron chi connectivity index (χ4n) is 2.30. The molecule has 1 saturated heterocycles. The van der Waals surface area contributed by atoms with Crippen LogP contribution in [0.4, 0.5) is 4.79 Å². The van der Waals surface area contributed by atoms with Crippen LogP contribution in [-0.4, -0.2) is 68.9 Å². The molecule has 0 saturated carbocycles. The van der Waals surface area contributed by atoms with E-state index in [-0.39, 0.29) is 11.7 Å². The number of piperidine rings is 1. The summed E-state index contributed by atoms with van der Waals surface area (Å²) in [4.78, 5) is 15.6. The topological polar surface area (TPSA) is 42.0 Å². The largest absolute Gasteiger partial charge is 0.450 e. The molecule has 0 aromatic heterocycles. The molecule has 1 aliphatic rings. The van der Waals surface area contributed by atoms with Gasteiger partial charge in [0.1, 0.15) is 0 Å². The third kappa shape index (κ3) is 4.14. The molecule has 0 aromatic rings. The van der Waals surface area contributed by atoms with E-state index in [4.69, 9.17) is 9.47 Å². The van der Waals surface area contributed by atoms with Crippen molar-refractivity contribution in [2.75, 3.05) is 47.4 Å². The van der Waals surface area contributed by atoms with Crippen molar-refractivity contribution in [3.63, 3.8) is 0 Å². The average molecular weight is 258 g/mol. The van der Waals surface area contributed by atoms with Gasteiger partial charge in [0.05, 0.1) is 12.2 Å². The van der Waals surface area contributed by atoms with E-state index in [0.717, 1.165) is 38.9 Å². The summed E-state index contributed by atoms with van der Waals surface area (Å²) in [7, 11) is 5.91. The molecule has 0 N–H and O–H groups in total. The molecule has 5 nitrogen and oxygen atoms in total. The maximum Gasteiger partial charge on any atom is 0.409 e. The maximum absolute atomic E-state index is 11.6. The molecule has 1 amide bonds. The Morgan fingerprint density at radius 2 is 1.94 bits per heavy atom. The number of carbonyl (C=O) groups excluding carboxylic acids is 1. The van der Waals surface area contributed by atoms with E-state index < -0.39 is 0 Å². The van der Waals surface area contributed by atoms with Crippen LogP contribution in [0.5, 0.6) is 0 Å². The summed E-state index contributed by atoms with van der Waals surface area (Å²) in [6.07, 6.45) is 2.58. The van der Waals surface area contributed by atoms with Gasteiger partial charge in [-0.1, -0.05) is 0 Å². The van der Waals surface area contributed by atoms with E-state index >= 15 is 0 Å². The first kappa shape index (κ1) is 15.2. The van der Waals surface area contributed by atoms with Crippen molar-refractivity contribution < 1.29 is 14.3 Å². The standard InChI is InChI=1S/C13H26N2O3/c1-5-18-12(16)15-10-7-13(17-4,8-11-15)6-9-14(2)3/h5-11H2,1-4H3. The number of hydrogen-bond donors (Lipinski definition) is 0. The van der Waals surface area contributed by atoms with Crippen LogP contribution in [0.15, 0.2) is 0 Å². The Bertz CT molecular complexity index is 261. The predicted molar refractivity (Wildman–Crippen MR) is 70.7 cm³/mol. The lowest BCUT2D eigenvalue weighted by molar-refractivity contribution is -0.0630. The fourth-order valence-corrected chi connectivity index (χ4v) is 2.30. The Morgan fingerprint density at radius 3 is 2.39 bits per heavy atom.